The third-order valence-electron chi connectivity index (χ3n) is 4.49. The van der Waals surface area contributed by atoms with Gasteiger partial charge in [-0.3, -0.25) is 19.1 Å². The predicted octanol–water partition coefficient (Wildman–Crippen LogP) is 2.61. The van der Waals surface area contributed by atoms with Gasteiger partial charge in [0.2, 0.25) is 17.2 Å². The summed E-state index contributed by atoms with van der Waals surface area (Å²) in [5.41, 5.74) is 1.26. The van der Waals surface area contributed by atoms with E-state index < -0.39 is 0 Å². The van der Waals surface area contributed by atoms with Gasteiger partial charge in [0, 0.05) is 23.8 Å². The third kappa shape index (κ3) is 5.03. The molecule has 0 aliphatic heterocycles. The zero-order valence-corrected chi connectivity index (χ0v) is 17.1. The maximum atomic E-state index is 12.5. The molecule has 0 atom stereocenters. The molecule has 8 heteroatoms. The predicted molar refractivity (Wildman–Crippen MR) is 115 cm³/mol. The fourth-order valence-electron chi connectivity index (χ4n) is 2.97. The van der Waals surface area contributed by atoms with Crippen LogP contribution in [0.2, 0.25) is 0 Å². The van der Waals surface area contributed by atoms with Crippen LogP contribution in [0.15, 0.2) is 64.4 Å². The summed E-state index contributed by atoms with van der Waals surface area (Å²) >= 11 is 1.54. The van der Waals surface area contributed by atoms with Crippen molar-refractivity contribution >= 4 is 40.2 Å². The van der Waals surface area contributed by atoms with Crippen LogP contribution in [0.3, 0.4) is 0 Å². The van der Waals surface area contributed by atoms with Crippen LogP contribution in [0.5, 0.6) is 0 Å². The first-order chi connectivity index (χ1) is 14.0. The molecule has 150 valence electrons. The van der Waals surface area contributed by atoms with Crippen LogP contribution in [0.1, 0.15) is 6.42 Å². The lowest BCUT2D eigenvalue weighted by atomic mass is 10.2. The van der Waals surface area contributed by atoms with E-state index in [9.17, 15) is 14.4 Å². The van der Waals surface area contributed by atoms with Gasteiger partial charge in [-0.2, -0.15) is 5.10 Å². The zero-order valence-electron chi connectivity index (χ0n) is 16.3. The maximum Gasteiger partial charge on any atom is 0.244 e. The molecule has 1 N–H and O–H groups in total. The molecule has 29 heavy (non-hydrogen) atoms. The van der Waals surface area contributed by atoms with Crippen molar-refractivity contribution in [2.75, 3.05) is 25.2 Å². The molecule has 0 saturated heterocycles. The fraction of sp³-hybridized carbons (Fsp3) is 0.238. The Hall–Kier alpha value is -3.13. The van der Waals surface area contributed by atoms with E-state index in [4.69, 9.17) is 0 Å². The fourth-order valence-corrected chi connectivity index (χ4v) is 3.53. The highest BCUT2D eigenvalue weighted by molar-refractivity contribution is 7.98. The highest BCUT2D eigenvalue weighted by atomic mass is 32.2. The van der Waals surface area contributed by atoms with Crippen LogP contribution >= 0.6 is 11.8 Å². The van der Waals surface area contributed by atoms with Gasteiger partial charge in [0.05, 0.1) is 30.5 Å². The maximum absolute atomic E-state index is 12.5. The minimum Gasteiger partial charge on any atom is -0.336 e. The van der Waals surface area contributed by atoms with Crippen LogP contribution < -0.4 is 10.7 Å². The monoisotopic (exact) mass is 410 g/mol. The van der Waals surface area contributed by atoms with Crippen molar-refractivity contribution in [3.8, 4) is 0 Å². The number of nitrogens with one attached hydrogen (secondary N) is 1. The summed E-state index contributed by atoms with van der Waals surface area (Å²) in [6.45, 7) is 0.279. The Morgan fingerprint density at radius 1 is 1.14 bits per heavy atom. The largest absolute Gasteiger partial charge is 0.336 e. The quantitative estimate of drug-likeness (QED) is 0.606. The van der Waals surface area contributed by atoms with Crippen molar-refractivity contribution in [1.82, 2.24) is 14.7 Å². The Balaban J connectivity index is 1.59. The van der Waals surface area contributed by atoms with Crippen molar-refractivity contribution in [3.05, 3.63) is 65.0 Å². The van der Waals surface area contributed by atoms with E-state index in [1.807, 2.05) is 36.6 Å². The number of anilines is 1. The molecular formula is C21H22N4O3S. The minimum absolute atomic E-state index is 0.0418. The lowest BCUT2D eigenvalue weighted by Crippen LogP contribution is -2.35. The molecule has 0 fully saturated rings. The Bertz CT molecular complexity index is 1100. The van der Waals surface area contributed by atoms with Crippen molar-refractivity contribution < 1.29 is 9.59 Å². The molecule has 0 aliphatic rings. The van der Waals surface area contributed by atoms with Crippen molar-refractivity contribution in [3.63, 3.8) is 0 Å². The van der Waals surface area contributed by atoms with Crippen molar-refractivity contribution in [1.29, 1.82) is 0 Å². The Morgan fingerprint density at radius 3 is 2.66 bits per heavy atom. The Kier molecular flexibility index (Phi) is 6.66. The number of carbonyl (C=O) groups is 2. The number of hydrogen-bond donors (Lipinski definition) is 1. The van der Waals surface area contributed by atoms with Gasteiger partial charge in [-0.05, 0) is 30.5 Å². The van der Waals surface area contributed by atoms with E-state index in [0.29, 0.717) is 17.4 Å². The molecular weight excluding hydrogens is 388 g/mol. The number of carbonyl (C=O) groups excluding carboxylic acids is 2. The van der Waals surface area contributed by atoms with Gasteiger partial charge < -0.3 is 10.2 Å². The number of aromatic nitrogens is 2. The van der Waals surface area contributed by atoms with E-state index in [1.54, 1.807) is 41.7 Å². The van der Waals surface area contributed by atoms with Crippen molar-refractivity contribution in [2.24, 2.45) is 0 Å². The lowest BCUT2D eigenvalue weighted by Gasteiger charge is -2.18. The van der Waals surface area contributed by atoms with Gasteiger partial charge in [0.1, 0.15) is 0 Å². The first-order valence-electron chi connectivity index (χ1n) is 9.11. The van der Waals surface area contributed by atoms with E-state index in [1.165, 1.54) is 11.1 Å². The molecule has 1 heterocycles. The number of nitrogens with zero attached hydrogens (tertiary/aromatic N) is 3. The van der Waals surface area contributed by atoms with Gasteiger partial charge in [-0.1, -0.05) is 24.3 Å². The Morgan fingerprint density at radius 2 is 1.86 bits per heavy atom. The minimum atomic E-state index is -0.255. The molecule has 2 amide bonds. The Labute approximate surface area is 172 Å². The summed E-state index contributed by atoms with van der Waals surface area (Å²) in [6, 6.07) is 14.7. The number of likely N-dealkylation sites (N-methyl/N-ethyl adjacent to an activating group) is 1. The van der Waals surface area contributed by atoms with Gasteiger partial charge in [-0.15, -0.1) is 11.8 Å². The van der Waals surface area contributed by atoms with E-state index >= 15 is 0 Å². The van der Waals surface area contributed by atoms with Crippen LogP contribution in [0, 0.1) is 0 Å². The molecule has 0 saturated carbocycles. The molecule has 0 radical (unpaired) electrons. The summed E-state index contributed by atoms with van der Waals surface area (Å²) in [6.07, 6.45) is 3.37. The van der Waals surface area contributed by atoms with Gasteiger partial charge in [0.15, 0.2) is 0 Å². The number of para-hydroxylation sites is 2. The first kappa shape index (κ1) is 20.6. The second-order valence-electron chi connectivity index (χ2n) is 6.50. The van der Waals surface area contributed by atoms with Gasteiger partial charge in [0.25, 0.3) is 0 Å². The number of rotatable bonds is 7. The normalized spacial score (nSPS) is 10.7. The van der Waals surface area contributed by atoms with Gasteiger partial charge in [-0.25, -0.2) is 0 Å². The highest BCUT2D eigenvalue weighted by Gasteiger charge is 2.15. The molecule has 3 rings (SSSR count). The topological polar surface area (TPSA) is 84.3 Å². The molecule has 3 aromatic rings. The molecule has 0 aliphatic carbocycles. The highest BCUT2D eigenvalue weighted by Crippen LogP contribution is 2.24. The molecule has 2 aromatic carbocycles. The molecule has 0 spiro atoms. The van der Waals surface area contributed by atoms with Crippen molar-refractivity contribution in [2.45, 2.75) is 17.9 Å². The number of benzene rings is 2. The number of aryl methyl sites for hydroxylation is 1. The van der Waals surface area contributed by atoms with Crippen LogP contribution in [0.4, 0.5) is 5.69 Å². The standard InChI is InChI=1S/C21H22N4O3S/c1-24(14-20(27)23-16-8-4-6-10-19(16)29-2)21(28)11-12-25-17-9-5-3-7-15(17)18(26)13-22-25/h3-10,13H,11-12,14H2,1-2H3,(H,23,27). The van der Waals surface area contributed by atoms with E-state index in [0.717, 1.165) is 10.6 Å². The first-order valence-corrected chi connectivity index (χ1v) is 10.3. The summed E-state index contributed by atoms with van der Waals surface area (Å²) < 4.78 is 1.64. The van der Waals surface area contributed by atoms with Crippen LogP contribution in [0.25, 0.3) is 10.9 Å². The van der Waals surface area contributed by atoms with E-state index in [2.05, 4.69) is 10.4 Å². The van der Waals surface area contributed by atoms with Crippen LogP contribution in [-0.4, -0.2) is 46.3 Å². The summed E-state index contributed by atoms with van der Waals surface area (Å²) in [5, 5.41) is 7.54. The molecule has 0 bridgehead atoms. The average Bonchev–Trinajstić information content (AvgIpc) is 2.73. The number of amides is 2. The lowest BCUT2D eigenvalue weighted by molar-refractivity contribution is -0.133. The zero-order chi connectivity index (χ0) is 20.8. The third-order valence-corrected chi connectivity index (χ3v) is 5.28. The molecule has 0 unspecified atom stereocenters. The van der Waals surface area contributed by atoms with Gasteiger partial charge >= 0.3 is 0 Å². The SMILES string of the molecule is CSc1ccccc1NC(=O)CN(C)C(=O)CCn1ncc(=O)c2ccccc21. The average molecular weight is 410 g/mol. The summed E-state index contributed by atoms with van der Waals surface area (Å²) in [4.78, 5) is 39.0. The smallest absolute Gasteiger partial charge is 0.244 e. The second-order valence-corrected chi connectivity index (χ2v) is 7.35. The second kappa shape index (κ2) is 9.38. The van der Waals surface area contributed by atoms with Crippen LogP contribution in [-0.2, 0) is 16.1 Å². The number of fused-ring (bicyclic) bond motifs is 1. The number of thioether (sulfide) groups is 1. The molecule has 7 nitrogen and oxygen atoms in total. The van der Waals surface area contributed by atoms with E-state index in [-0.39, 0.29) is 30.2 Å². The summed E-state index contributed by atoms with van der Waals surface area (Å²) in [7, 11) is 1.60. The summed E-state index contributed by atoms with van der Waals surface area (Å²) in [5.74, 6) is -0.433. The molecule has 1 aromatic heterocycles. The number of hydrogen-bond acceptors (Lipinski definition) is 5.